The molecule has 1 heterocycles. The van der Waals surface area contributed by atoms with Crippen LogP contribution in [0.15, 0.2) is 12.3 Å². The normalized spacial score (nSPS) is 13.1. The summed E-state index contributed by atoms with van der Waals surface area (Å²) in [5.74, 6) is -1.94. The zero-order valence-electron chi connectivity index (χ0n) is 9.23. The third-order valence-corrected chi connectivity index (χ3v) is 1.98. The van der Waals surface area contributed by atoms with E-state index in [2.05, 4.69) is 10.4 Å². The fourth-order valence-electron chi connectivity index (χ4n) is 1.23. The zero-order chi connectivity index (χ0) is 13.9. The van der Waals surface area contributed by atoms with E-state index in [1.807, 2.05) is 0 Å². The SMILES string of the molecule is CC(=O)NC(Cn1ccc(C(F)(F)F)n1)C(=O)O. The topological polar surface area (TPSA) is 84.2 Å². The Balaban J connectivity index is 2.79. The maximum absolute atomic E-state index is 12.2. The van der Waals surface area contributed by atoms with Crippen molar-refractivity contribution in [2.45, 2.75) is 25.7 Å². The molecular formula is C9H10F3N3O3. The number of carbonyl (C=O) groups excluding carboxylic acids is 1. The van der Waals surface area contributed by atoms with Crippen LogP contribution in [-0.4, -0.2) is 32.8 Å². The van der Waals surface area contributed by atoms with Crippen LogP contribution in [0.25, 0.3) is 0 Å². The van der Waals surface area contributed by atoms with Gasteiger partial charge in [-0.3, -0.25) is 9.48 Å². The maximum Gasteiger partial charge on any atom is 0.435 e. The Morgan fingerprint density at radius 1 is 1.56 bits per heavy atom. The summed E-state index contributed by atoms with van der Waals surface area (Å²) in [6.45, 7) is 0.727. The van der Waals surface area contributed by atoms with Crippen LogP contribution in [-0.2, 0) is 22.3 Å². The van der Waals surface area contributed by atoms with Crippen LogP contribution < -0.4 is 5.32 Å². The summed E-state index contributed by atoms with van der Waals surface area (Å²) in [5.41, 5.74) is -1.12. The Kier molecular flexibility index (Phi) is 3.94. The molecule has 0 fully saturated rings. The Bertz CT molecular complexity index is 455. The molecule has 0 spiro atoms. The van der Waals surface area contributed by atoms with E-state index in [4.69, 9.17) is 5.11 Å². The van der Waals surface area contributed by atoms with E-state index in [9.17, 15) is 22.8 Å². The highest BCUT2D eigenvalue weighted by Gasteiger charge is 2.33. The van der Waals surface area contributed by atoms with E-state index in [1.165, 1.54) is 0 Å². The van der Waals surface area contributed by atoms with Crippen molar-refractivity contribution in [1.29, 1.82) is 0 Å². The lowest BCUT2D eigenvalue weighted by molar-refractivity contribution is -0.142. The molecule has 1 rings (SSSR count). The molecule has 0 aliphatic heterocycles. The molecule has 1 aromatic rings. The number of hydrogen-bond acceptors (Lipinski definition) is 3. The predicted molar refractivity (Wildman–Crippen MR) is 52.5 cm³/mol. The number of aromatic nitrogens is 2. The van der Waals surface area contributed by atoms with Gasteiger partial charge < -0.3 is 10.4 Å². The highest BCUT2D eigenvalue weighted by atomic mass is 19.4. The summed E-state index contributed by atoms with van der Waals surface area (Å²) in [5, 5.41) is 14.1. The van der Waals surface area contributed by atoms with Gasteiger partial charge in [-0.05, 0) is 6.07 Å². The maximum atomic E-state index is 12.2. The molecule has 1 unspecified atom stereocenters. The van der Waals surface area contributed by atoms with Gasteiger partial charge in [-0.15, -0.1) is 0 Å². The Morgan fingerprint density at radius 3 is 2.56 bits per heavy atom. The number of nitrogens with zero attached hydrogens (tertiary/aromatic N) is 2. The van der Waals surface area contributed by atoms with Crippen molar-refractivity contribution >= 4 is 11.9 Å². The molecule has 1 amide bonds. The van der Waals surface area contributed by atoms with Gasteiger partial charge in [0.2, 0.25) is 5.91 Å². The molecule has 6 nitrogen and oxygen atoms in total. The molecule has 1 atom stereocenters. The molecule has 18 heavy (non-hydrogen) atoms. The van der Waals surface area contributed by atoms with Gasteiger partial charge in [0.1, 0.15) is 6.04 Å². The molecule has 0 bridgehead atoms. The van der Waals surface area contributed by atoms with Crippen molar-refractivity contribution in [2.24, 2.45) is 0 Å². The molecule has 0 saturated heterocycles. The third-order valence-electron chi connectivity index (χ3n) is 1.98. The molecule has 0 aromatic carbocycles. The lowest BCUT2D eigenvalue weighted by Gasteiger charge is -2.13. The standard InChI is InChI=1S/C9H10F3N3O3/c1-5(16)13-6(8(17)18)4-15-3-2-7(14-15)9(10,11)12/h2-3,6H,4H2,1H3,(H,13,16)(H,17,18). The third kappa shape index (κ3) is 3.75. The molecule has 100 valence electrons. The van der Waals surface area contributed by atoms with E-state index in [0.717, 1.165) is 23.9 Å². The van der Waals surface area contributed by atoms with Gasteiger partial charge >= 0.3 is 12.1 Å². The van der Waals surface area contributed by atoms with E-state index < -0.39 is 29.8 Å². The number of carboxylic acids is 1. The van der Waals surface area contributed by atoms with Crippen molar-refractivity contribution in [2.75, 3.05) is 0 Å². The summed E-state index contributed by atoms with van der Waals surface area (Å²) >= 11 is 0. The molecular weight excluding hydrogens is 255 g/mol. The number of alkyl halides is 3. The van der Waals surface area contributed by atoms with E-state index in [-0.39, 0.29) is 6.54 Å². The second kappa shape index (κ2) is 5.07. The fraction of sp³-hybridized carbons (Fsp3) is 0.444. The monoisotopic (exact) mass is 265 g/mol. The molecule has 9 heteroatoms. The van der Waals surface area contributed by atoms with Gasteiger partial charge in [-0.2, -0.15) is 18.3 Å². The number of carbonyl (C=O) groups is 2. The van der Waals surface area contributed by atoms with Gasteiger partial charge in [-0.25, -0.2) is 4.79 Å². The number of halogens is 3. The van der Waals surface area contributed by atoms with Gasteiger partial charge in [-0.1, -0.05) is 0 Å². The van der Waals surface area contributed by atoms with Crippen LogP contribution in [0.3, 0.4) is 0 Å². The number of rotatable bonds is 4. The van der Waals surface area contributed by atoms with Crippen molar-refractivity contribution in [1.82, 2.24) is 15.1 Å². The van der Waals surface area contributed by atoms with Crippen LogP contribution in [0, 0.1) is 0 Å². The first-order valence-electron chi connectivity index (χ1n) is 4.80. The first-order chi connectivity index (χ1) is 8.20. The molecule has 0 aliphatic carbocycles. The minimum absolute atomic E-state index is 0.384. The summed E-state index contributed by atoms with van der Waals surface area (Å²) < 4.78 is 37.6. The minimum Gasteiger partial charge on any atom is -0.480 e. The van der Waals surface area contributed by atoms with E-state index in [0.29, 0.717) is 0 Å². The molecule has 1 aromatic heterocycles. The van der Waals surface area contributed by atoms with Gasteiger partial charge in [0.05, 0.1) is 6.54 Å². The molecule has 2 N–H and O–H groups in total. The fourth-order valence-corrected chi connectivity index (χ4v) is 1.23. The lowest BCUT2D eigenvalue weighted by Crippen LogP contribution is -2.42. The summed E-state index contributed by atoms with van der Waals surface area (Å²) in [4.78, 5) is 21.5. The van der Waals surface area contributed by atoms with Crippen molar-refractivity contribution in [3.05, 3.63) is 18.0 Å². The van der Waals surface area contributed by atoms with Crippen molar-refractivity contribution in [3.8, 4) is 0 Å². The van der Waals surface area contributed by atoms with Gasteiger partial charge in [0.15, 0.2) is 5.69 Å². The van der Waals surface area contributed by atoms with Crippen LogP contribution in [0.1, 0.15) is 12.6 Å². The zero-order valence-corrected chi connectivity index (χ0v) is 9.23. The van der Waals surface area contributed by atoms with Crippen LogP contribution >= 0.6 is 0 Å². The van der Waals surface area contributed by atoms with E-state index >= 15 is 0 Å². The average Bonchev–Trinajstić information content (AvgIpc) is 2.63. The first kappa shape index (κ1) is 14.0. The summed E-state index contributed by atoms with van der Waals surface area (Å²) in [7, 11) is 0. The largest absolute Gasteiger partial charge is 0.480 e. The van der Waals surface area contributed by atoms with Crippen LogP contribution in [0.5, 0.6) is 0 Å². The second-order valence-corrected chi connectivity index (χ2v) is 3.51. The highest BCUT2D eigenvalue weighted by molar-refractivity contribution is 5.81. The molecule has 0 aliphatic rings. The summed E-state index contributed by atoms with van der Waals surface area (Å²) in [6, 6.07) is -0.601. The lowest BCUT2D eigenvalue weighted by atomic mass is 10.3. The highest BCUT2D eigenvalue weighted by Crippen LogP contribution is 2.27. The first-order valence-corrected chi connectivity index (χ1v) is 4.80. The van der Waals surface area contributed by atoms with Gasteiger partial charge in [0.25, 0.3) is 0 Å². The Morgan fingerprint density at radius 2 is 2.17 bits per heavy atom. The van der Waals surface area contributed by atoms with Gasteiger partial charge in [0, 0.05) is 13.1 Å². The number of nitrogens with one attached hydrogen (secondary N) is 1. The average molecular weight is 265 g/mol. The Labute approximate surface area is 99.4 Å². The van der Waals surface area contributed by atoms with Crippen molar-refractivity contribution < 1.29 is 27.9 Å². The summed E-state index contributed by atoms with van der Waals surface area (Å²) in [6.07, 6.45) is -3.58. The predicted octanol–water partition coefficient (Wildman–Crippen LogP) is 0.491. The number of carboxylic acid groups (broad SMARTS) is 1. The van der Waals surface area contributed by atoms with Crippen LogP contribution in [0.4, 0.5) is 13.2 Å². The minimum atomic E-state index is -4.59. The van der Waals surface area contributed by atoms with Crippen LogP contribution in [0.2, 0.25) is 0 Å². The second-order valence-electron chi connectivity index (χ2n) is 3.51. The van der Waals surface area contributed by atoms with E-state index in [1.54, 1.807) is 0 Å². The Hall–Kier alpha value is -2.06. The molecule has 0 radical (unpaired) electrons. The quantitative estimate of drug-likeness (QED) is 0.829. The van der Waals surface area contributed by atoms with Crippen molar-refractivity contribution in [3.63, 3.8) is 0 Å². The smallest absolute Gasteiger partial charge is 0.435 e. The number of aliphatic carboxylic acids is 1. The number of amides is 1. The number of hydrogen-bond donors (Lipinski definition) is 2. The molecule has 0 saturated carbocycles.